The van der Waals surface area contributed by atoms with Crippen molar-refractivity contribution in [3.05, 3.63) is 65.3 Å². The largest absolute Gasteiger partial charge is 0.444 e. The molecule has 2 amide bonds. The van der Waals surface area contributed by atoms with Gasteiger partial charge in [-0.05, 0) is 63.3 Å². The fourth-order valence-electron chi connectivity index (χ4n) is 4.92. The van der Waals surface area contributed by atoms with Gasteiger partial charge in [0.2, 0.25) is 0 Å². The van der Waals surface area contributed by atoms with Gasteiger partial charge in [-0.2, -0.15) is 0 Å². The van der Waals surface area contributed by atoms with E-state index in [-0.39, 0.29) is 29.2 Å². The first-order valence-corrected chi connectivity index (χ1v) is 14.2. The van der Waals surface area contributed by atoms with Gasteiger partial charge in [0.25, 0.3) is 5.91 Å². The summed E-state index contributed by atoms with van der Waals surface area (Å²) < 4.78 is 11.0. The molecular formula is C32H43N5O4. The Bertz CT molecular complexity index is 1390. The van der Waals surface area contributed by atoms with E-state index in [0.29, 0.717) is 18.8 Å². The van der Waals surface area contributed by atoms with Crippen molar-refractivity contribution < 1.29 is 18.8 Å². The Labute approximate surface area is 243 Å². The number of carbonyl (C=O) groups is 2. The summed E-state index contributed by atoms with van der Waals surface area (Å²) in [6.45, 7) is 15.7. The number of ether oxygens (including phenoxy) is 1. The van der Waals surface area contributed by atoms with Gasteiger partial charge in [0.15, 0.2) is 5.69 Å². The zero-order valence-corrected chi connectivity index (χ0v) is 25.6. The van der Waals surface area contributed by atoms with Crippen LogP contribution in [0.25, 0.3) is 11.1 Å². The van der Waals surface area contributed by atoms with Crippen LogP contribution >= 0.6 is 0 Å². The number of likely N-dealkylation sites (N-methyl/N-ethyl adjacent to an activating group) is 1. The molecule has 1 unspecified atom stereocenters. The molecule has 220 valence electrons. The molecule has 0 spiro atoms. The molecule has 3 heterocycles. The number of rotatable bonds is 6. The maximum Gasteiger partial charge on any atom is 0.410 e. The minimum atomic E-state index is -0.533. The van der Waals surface area contributed by atoms with Crippen LogP contribution in [0.15, 0.2) is 47.2 Å². The number of aromatic nitrogens is 2. The molecule has 9 heteroatoms. The molecule has 0 bridgehead atoms. The van der Waals surface area contributed by atoms with Crippen LogP contribution in [0.2, 0.25) is 0 Å². The Hall–Kier alpha value is -3.88. The van der Waals surface area contributed by atoms with Crippen LogP contribution in [0.3, 0.4) is 0 Å². The average Bonchev–Trinajstić information content (AvgIpc) is 3.42. The molecular weight excluding hydrogens is 518 g/mol. The lowest BCUT2D eigenvalue weighted by Crippen LogP contribution is -2.50. The maximum absolute atomic E-state index is 12.7. The minimum absolute atomic E-state index is 0.0450. The van der Waals surface area contributed by atoms with Crippen LogP contribution in [-0.2, 0) is 16.7 Å². The Balaban J connectivity index is 1.46. The summed E-state index contributed by atoms with van der Waals surface area (Å²) in [5, 5.41) is 6.90. The van der Waals surface area contributed by atoms with Crippen molar-refractivity contribution in [3.63, 3.8) is 0 Å². The van der Waals surface area contributed by atoms with E-state index in [4.69, 9.17) is 9.26 Å². The second kappa shape index (κ2) is 11.9. The third-order valence-electron chi connectivity index (χ3n) is 7.34. The fraction of sp³-hybridized carbons (Fsp3) is 0.500. The van der Waals surface area contributed by atoms with E-state index in [1.807, 2.05) is 73.8 Å². The minimum Gasteiger partial charge on any atom is -0.444 e. The van der Waals surface area contributed by atoms with Crippen molar-refractivity contribution >= 4 is 17.7 Å². The number of hydrogen-bond donors (Lipinski definition) is 1. The second-order valence-corrected chi connectivity index (χ2v) is 12.9. The van der Waals surface area contributed by atoms with E-state index in [1.165, 1.54) is 0 Å². The first-order chi connectivity index (χ1) is 19.2. The van der Waals surface area contributed by atoms with Crippen molar-refractivity contribution in [2.24, 2.45) is 0 Å². The predicted molar refractivity (Wildman–Crippen MR) is 160 cm³/mol. The van der Waals surface area contributed by atoms with Gasteiger partial charge in [0.1, 0.15) is 11.4 Å². The lowest BCUT2D eigenvalue weighted by Gasteiger charge is -2.39. The lowest BCUT2D eigenvalue weighted by molar-refractivity contribution is 0.0209. The van der Waals surface area contributed by atoms with E-state index < -0.39 is 5.60 Å². The molecule has 1 aliphatic rings. The molecule has 3 aromatic rings. The Morgan fingerprint density at radius 2 is 1.90 bits per heavy atom. The molecule has 0 aliphatic carbocycles. The van der Waals surface area contributed by atoms with Crippen LogP contribution in [0.5, 0.6) is 0 Å². The zero-order valence-electron chi connectivity index (χ0n) is 25.6. The number of carbonyl (C=O) groups excluding carboxylic acids is 2. The number of benzene rings is 1. The summed E-state index contributed by atoms with van der Waals surface area (Å²) >= 11 is 0. The molecule has 1 saturated heterocycles. The highest BCUT2D eigenvalue weighted by Gasteiger charge is 2.30. The summed E-state index contributed by atoms with van der Waals surface area (Å²) in [4.78, 5) is 33.9. The molecule has 0 saturated carbocycles. The molecule has 1 aromatic carbocycles. The topological polar surface area (TPSA) is 101 Å². The van der Waals surface area contributed by atoms with Gasteiger partial charge in [-0.25, -0.2) is 4.79 Å². The maximum atomic E-state index is 12.7. The molecule has 9 nitrogen and oxygen atoms in total. The average molecular weight is 562 g/mol. The van der Waals surface area contributed by atoms with Gasteiger partial charge in [0.05, 0.1) is 17.9 Å². The summed E-state index contributed by atoms with van der Waals surface area (Å²) in [6, 6.07) is 10.0. The Kier molecular flexibility index (Phi) is 8.75. The number of amides is 2. The van der Waals surface area contributed by atoms with Crippen LogP contribution in [-0.4, -0.2) is 58.8 Å². The van der Waals surface area contributed by atoms with Gasteiger partial charge in [-0.15, -0.1) is 0 Å². The molecule has 1 atom stereocenters. The molecule has 0 radical (unpaired) electrons. The van der Waals surface area contributed by atoms with E-state index in [2.05, 4.69) is 32.5 Å². The highest BCUT2D eigenvalue weighted by Crippen LogP contribution is 2.33. The number of pyridine rings is 1. The van der Waals surface area contributed by atoms with Crippen LogP contribution in [0.4, 0.5) is 10.5 Å². The third-order valence-corrected chi connectivity index (χ3v) is 7.34. The van der Waals surface area contributed by atoms with Crippen molar-refractivity contribution in [3.8, 4) is 11.1 Å². The van der Waals surface area contributed by atoms with E-state index in [0.717, 1.165) is 47.3 Å². The SMILES string of the molecule is Cc1cc(-c2ccncc2N2CCCC(N(C)C(=O)OC(C)(C)C)C2)ccc1CNC(=O)c1cc(C(C)(C)C)on1. The molecule has 41 heavy (non-hydrogen) atoms. The predicted octanol–water partition coefficient (Wildman–Crippen LogP) is 6.11. The van der Waals surface area contributed by atoms with Gasteiger partial charge in [-0.1, -0.05) is 44.1 Å². The Morgan fingerprint density at radius 1 is 1.15 bits per heavy atom. The lowest BCUT2D eigenvalue weighted by atomic mass is 9.93. The number of hydrogen-bond acceptors (Lipinski definition) is 7. The van der Waals surface area contributed by atoms with E-state index in [1.54, 1.807) is 17.2 Å². The first kappa shape index (κ1) is 30.1. The third kappa shape index (κ3) is 7.45. The molecule has 4 rings (SSSR count). The first-order valence-electron chi connectivity index (χ1n) is 14.2. The molecule has 2 aromatic heterocycles. The number of nitrogens with one attached hydrogen (secondary N) is 1. The Morgan fingerprint density at radius 3 is 2.56 bits per heavy atom. The summed E-state index contributed by atoms with van der Waals surface area (Å²) in [7, 11) is 1.82. The number of nitrogens with zero attached hydrogens (tertiary/aromatic N) is 4. The second-order valence-electron chi connectivity index (χ2n) is 12.9. The van der Waals surface area contributed by atoms with Crippen LogP contribution < -0.4 is 10.2 Å². The van der Waals surface area contributed by atoms with Gasteiger partial charge in [-0.3, -0.25) is 9.78 Å². The molecule has 1 N–H and O–H groups in total. The van der Waals surface area contributed by atoms with Gasteiger partial charge < -0.3 is 24.4 Å². The van der Waals surface area contributed by atoms with Gasteiger partial charge in [0, 0.05) is 49.9 Å². The van der Waals surface area contributed by atoms with Crippen LogP contribution in [0, 0.1) is 6.92 Å². The van der Waals surface area contributed by atoms with E-state index >= 15 is 0 Å². The number of anilines is 1. The van der Waals surface area contributed by atoms with Gasteiger partial charge >= 0.3 is 6.09 Å². The quantitative estimate of drug-likeness (QED) is 0.388. The normalized spacial score (nSPS) is 15.9. The van der Waals surface area contributed by atoms with Crippen molar-refractivity contribution in [1.29, 1.82) is 0 Å². The summed E-state index contributed by atoms with van der Waals surface area (Å²) in [6.07, 6.45) is 5.30. The monoisotopic (exact) mass is 561 g/mol. The van der Waals surface area contributed by atoms with Crippen molar-refractivity contribution in [2.45, 2.75) is 84.9 Å². The van der Waals surface area contributed by atoms with Crippen molar-refractivity contribution in [1.82, 2.24) is 20.4 Å². The van der Waals surface area contributed by atoms with Crippen molar-refractivity contribution in [2.75, 3.05) is 25.0 Å². The smallest absolute Gasteiger partial charge is 0.410 e. The summed E-state index contributed by atoms with van der Waals surface area (Å²) in [5.41, 5.74) is 4.82. The molecule has 1 aliphatic heterocycles. The van der Waals surface area contributed by atoms with E-state index in [9.17, 15) is 9.59 Å². The number of piperidine rings is 1. The zero-order chi connectivity index (χ0) is 29.9. The summed E-state index contributed by atoms with van der Waals surface area (Å²) in [5.74, 6) is 0.410. The highest BCUT2D eigenvalue weighted by molar-refractivity contribution is 5.92. The van der Waals surface area contributed by atoms with Crippen LogP contribution in [0.1, 0.15) is 81.8 Å². The number of aryl methyl sites for hydroxylation is 1. The highest BCUT2D eigenvalue weighted by atomic mass is 16.6. The fourth-order valence-corrected chi connectivity index (χ4v) is 4.92. The standard InChI is InChI=1S/C32H43N5O4/c1-21-16-22(11-12-23(21)18-34-29(38)26-17-28(41-35-26)31(2,3)4)25-13-14-33-19-27(25)37-15-9-10-24(20-37)36(8)30(39)40-32(5,6)7/h11-14,16-17,19,24H,9-10,15,18,20H2,1-8H3,(H,34,38). The molecule has 1 fully saturated rings.